The minimum Gasteiger partial charge on any atom is -0.382 e. The Kier molecular flexibility index (Phi) is 2.91. The van der Waals surface area contributed by atoms with Gasteiger partial charge in [0.2, 0.25) is 0 Å². The van der Waals surface area contributed by atoms with Gasteiger partial charge < -0.3 is 10.6 Å². The molecule has 3 heteroatoms. The van der Waals surface area contributed by atoms with Crippen LogP contribution in [0.3, 0.4) is 0 Å². The summed E-state index contributed by atoms with van der Waals surface area (Å²) in [6.45, 7) is 5.06. The first-order chi connectivity index (χ1) is 7.18. The van der Waals surface area contributed by atoms with Crippen molar-refractivity contribution in [3.8, 4) is 0 Å². The molecular weight excluding hydrogens is 191 g/mol. The lowest BCUT2D eigenvalue weighted by Gasteiger charge is -2.29. The molecule has 0 radical (unpaired) electrons. The average molecular weight is 208 g/mol. The van der Waals surface area contributed by atoms with Crippen molar-refractivity contribution in [3.05, 3.63) is 29.6 Å². The maximum absolute atomic E-state index is 13.5. The number of hydrogen-bond acceptors (Lipinski definition) is 2. The van der Waals surface area contributed by atoms with Crippen molar-refractivity contribution in [3.63, 3.8) is 0 Å². The normalized spacial score (nSPS) is 19.9. The van der Waals surface area contributed by atoms with Crippen molar-refractivity contribution in [2.45, 2.75) is 32.4 Å². The van der Waals surface area contributed by atoms with E-state index in [1.165, 1.54) is 6.07 Å². The Labute approximate surface area is 89.9 Å². The van der Waals surface area contributed by atoms with E-state index >= 15 is 0 Å². The van der Waals surface area contributed by atoms with Gasteiger partial charge in [0.15, 0.2) is 0 Å². The molecule has 2 nitrogen and oxygen atoms in total. The Morgan fingerprint density at radius 1 is 1.47 bits per heavy atom. The van der Waals surface area contributed by atoms with Gasteiger partial charge in [-0.3, -0.25) is 0 Å². The van der Waals surface area contributed by atoms with Gasteiger partial charge in [-0.2, -0.15) is 0 Å². The highest BCUT2D eigenvalue weighted by molar-refractivity contribution is 5.55. The number of nitrogens with one attached hydrogen (secondary N) is 2. The summed E-state index contributed by atoms with van der Waals surface area (Å²) in [6.07, 6.45) is 1.01. The van der Waals surface area contributed by atoms with E-state index in [1.54, 1.807) is 6.07 Å². The van der Waals surface area contributed by atoms with Crippen LogP contribution in [0.2, 0.25) is 0 Å². The predicted molar refractivity (Wildman–Crippen MR) is 60.5 cm³/mol. The molecule has 1 atom stereocenters. The van der Waals surface area contributed by atoms with Crippen molar-refractivity contribution in [2.24, 2.45) is 0 Å². The molecular formula is C12H17FN2. The molecule has 0 spiro atoms. The van der Waals surface area contributed by atoms with E-state index in [4.69, 9.17) is 0 Å². The lowest BCUT2D eigenvalue weighted by Crippen LogP contribution is -2.33. The topological polar surface area (TPSA) is 24.1 Å². The van der Waals surface area contributed by atoms with Crippen LogP contribution < -0.4 is 10.6 Å². The number of hydrogen-bond donors (Lipinski definition) is 2. The summed E-state index contributed by atoms with van der Waals surface area (Å²) in [5.41, 5.74) is 1.72. The monoisotopic (exact) mass is 208 g/mol. The first-order valence-electron chi connectivity index (χ1n) is 5.47. The smallest absolute Gasteiger partial charge is 0.146 e. The number of halogens is 1. The fourth-order valence-corrected chi connectivity index (χ4v) is 2.09. The van der Waals surface area contributed by atoms with Crippen LogP contribution in [0, 0.1) is 5.82 Å². The number of rotatable bonds is 2. The van der Waals surface area contributed by atoms with Gasteiger partial charge in [-0.25, -0.2) is 4.39 Å². The zero-order valence-electron chi connectivity index (χ0n) is 9.18. The molecule has 1 aliphatic rings. The molecule has 1 unspecified atom stereocenters. The van der Waals surface area contributed by atoms with Gasteiger partial charge in [-0.1, -0.05) is 26.0 Å². The molecule has 1 aromatic rings. The molecule has 15 heavy (non-hydrogen) atoms. The molecule has 2 N–H and O–H groups in total. The largest absolute Gasteiger partial charge is 0.382 e. The highest BCUT2D eigenvalue weighted by Crippen LogP contribution is 2.31. The van der Waals surface area contributed by atoms with Gasteiger partial charge >= 0.3 is 0 Å². The number of fused-ring (bicyclic) bond motifs is 1. The molecule has 0 saturated heterocycles. The van der Waals surface area contributed by atoms with Crippen LogP contribution in [0.5, 0.6) is 0 Å². The van der Waals surface area contributed by atoms with Gasteiger partial charge in [0.05, 0.1) is 5.69 Å². The van der Waals surface area contributed by atoms with Crippen LogP contribution in [0.25, 0.3) is 0 Å². The fourth-order valence-electron chi connectivity index (χ4n) is 2.09. The highest BCUT2D eigenvalue weighted by Gasteiger charge is 2.22. The zero-order valence-corrected chi connectivity index (χ0v) is 9.18. The van der Waals surface area contributed by atoms with Crippen LogP contribution in [-0.4, -0.2) is 12.6 Å². The van der Waals surface area contributed by atoms with Gasteiger partial charge in [0, 0.05) is 18.6 Å². The molecule has 0 bridgehead atoms. The van der Waals surface area contributed by atoms with Crippen molar-refractivity contribution in [1.29, 1.82) is 0 Å². The van der Waals surface area contributed by atoms with Gasteiger partial charge in [0.1, 0.15) is 5.82 Å². The van der Waals surface area contributed by atoms with E-state index in [9.17, 15) is 4.39 Å². The van der Waals surface area contributed by atoms with Gasteiger partial charge in [-0.05, 0) is 18.1 Å². The SMILES string of the molecule is CC(C)NC1CCNc2c(F)cccc21. The van der Waals surface area contributed by atoms with E-state index in [0.29, 0.717) is 11.7 Å². The second-order valence-corrected chi connectivity index (χ2v) is 4.29. The van der Waals surface area contributed by atoms with Crippen LogP contribution >= 0.6 is 0 Å². The molecule has 0 aliphatic carbocycles. The Morgan fingerprint density at radius 2 is 2.27 bits per heavy atom. The van der Waals surface area contributed by atoms with Crippen LogP contribution in [0.4, 0.5) is 10.1 Å². The standard InChI is InChI=1S/C12H17FN2/c1-8(2)15-11-6-7-14-12-9(11)4-3-5-10(12)13/h3-5,8,11,14-15H,6-7H2,1-2H3. The maximum Gasteiger partial charge on any atom is 0.146 e. The summed E-state index contributed by atoms with van der Waals surface area (Å²) in [4.78, 5) is 0. The Morgan fingerprint density at radius 3 is 3.00 bits per heavy atom. The maximum atomic E-state index is 13.5. The molecule has 0 aromatic heterocycles. The first-order valence-corrected chi connectivity index (χ1v) is 5.47. The summed E-state index contributed by atoms with van der Waals surface area (Å²) in [7, 11) is 0. The van der Waals surface area contributed by atoms with E-state index in [2.05, 4.69) is 24.5 Å². The Bertz CT molecular complexity index is 349. The highest BCUT2D eigenvalue weighted by atomic mass is 19.1. The van der Waals surface area contributed by atoms with E-state index in [1.807, 2.05) is 6.07 Å². The van der Waals surface area contributed by atoms with E-state index in [-0.39, 0.29) is 11.9 Å². The minimum atomic E-state index is -0.150. The summed E-state index contributed by atoms with van der Waals surface area (Å²) < 4.78 is 13.5. The fraction of sp³-hybridized carbons (Fsp3) is 0.500. The predicted octanol–water partition coefficient (Wildman–Crippen LogP) is 2.68. The third-order valence-corrected chi connectivity index (χ3v) is 2.69. The summed E-state index contributed by atoms with van der Waals surface area (Å²) >= 11 is 0. The summed E-state index contributed by atoms with van der Waals surface area (Å²) in [5, 5.41) is 6.58. The second-order valence-electron chi connectivity index (χ2n) is 4.29. The third-order valence-electron chi connectivity index (χ3n) is 2.69. The van der Waals surface area contributed by atoms with Crippen molar-refractivity contribution in [1.82, 2.24) is 5.32 Å². The lowest BCUT2D eigenvalue weighted by atomic mass is 9.97. The van der Waals surface area contributed by atoms with Crippen molar-refractivity contribution < 1.29 is 4.39 Å². The number of anilines is 1. The molecule has 82 valence electrons. The molecule has 2 rings (SSSR count). The zero-order chi connectivity index (χ0) is 10.8. The Hall–Kier alpha value is -1.09. The third kappa shape index (κ3) is 2.12. The van der Waals surface area contributed by atoms with Gasteiger partial charge in [-0.15, -0.1) is 0 Å². The molecule has 0 fully saturated rings. The van der Waals surface area contributed by atoms with E-state index < -0.39 is 0 Å². The second kappa shape index (κ2) is 4.19. The molecule has 0 amide bonds. The lowest BCUT2D eigenvalue weighted by molar-refractivity contribution is 0.450. The Balaban J connectivity index is 2.30. The number of benzene rings is 1. The summed E-state index contributed by atoms with van der Waals surface area (Å²) in [6, 6.07) is 5.96. The molecule has 1 heterocycles. The average Bonchev–Trinajstić information content (AvgIpc) is 2.19. The van der Waals surface area contributed by atoms with Crippen molar-refractivity contribution in [2.75, 3.05) is 11.9 Å². The van der Waals surface area contributed by atoms with E-state index in [0.717, 1.165) is 18.5 Å². The molecule has 1 aliphatic heterocycles. The van der Waals surface area contributed by atoms with Crippen LogP contribution in [0.1, 0.15) is 31.9 Å². The molecule has 1 aromatic carbocycles. The quantitative estimate of drug-likeness (QED) is 0.780. The van der Waals surface area contributed by atoms with Crippen LogP contribution in [0.15, 0.2) is 18.2 Å². The van der Waals surface area contributed by atoms with Crippen molar-refractivity contribution >= 4 is 5.69 Å². The molecule has 0 saturated carbocycles. The first kappa shape index (κ1) is 10.4. The number of para-hydroxylation sites is 1. The summed E-state index contributed by atoms with van der Waals surface area (Å²) in [5.74, 6) is -0.150. The van der Waals surface area contributed by atoms with Gasteiger partial charge in [0.25, 0.3) is 0 Å². The minimum absolute atomic E-state index is 0.150. The van der Waals surface area contributed by atoms with Crippen LogP contribution in [-0.2, 0) is 0 Å².